The van der Waals surface area contributed by atoms with Crippen LogP contribution in [0.2, 0.25) is 0 Å². The highest BCUT2D eigenvalue weighted by molar-refractivity contribution is 14.0. The largest absolute Gasteiger partial charge is 0.369 e. The lowest BCUT2D eigenvalue weighted by Crippen LogP contribution is -2.66. The van der Waals surface area contributed by atoms with E-state index in [4.69, 9.17) is 18.9 Å². The van der Waals surface area contributed by atoms with Crippen molar-refractivity contribution in [1.29, 1.82) is 5.26 Å². The van der Waals surface area contributed by atoms with Crippen LogP contribution in [-0.4, -0.2) is 17.5 Å². The minimum Gasteiger partial charge on any atom is -0.369 e. The smallest absolute Gasteiger partial charge is 0.226 e. The van der Waals surface area contributed by atoms with Crippen LogP contribution >= 0.6 is 24.0 Å². The second-order valence-electron chi connectivity index (χ2n) is 28.3. The lowest BCUT2D eigenvalue weighted by molar-refractivity contribution is -0.217. The molecule has 10 rings (SSSR count). The molecule has 0 aromatic heterocycles. The van der Waals surface area contributed by atoms with Gasteiger partial charge in [-0.3, -0.25) is 4.79 Å². The summed E-state index contributed by atoms with van der Waals surface area (Å²) in [4.78, 5) is 46.8. The highest BCUT2D eigenvalue weighted by Gasteiger charge is 2.73. The molecule has 0 heterocycles. The van der Waals surface area contributed by atoms with Crippen LogP contribution in [0.15, 0.2) is 47.9 Å². The van der Waals surface area contributed by atoms with Gasteiger partial charge < -0.3 is 15.3 Å². The van der Waals surface area contributed by atoms with Crippen LogP contribution in [-0.2, 0) is 14.4 Å². The Labute approximate surface area is 440 Å². The van der Waals surface area contributed by atoms with Crippen molar-refractivity contribution in [2.75, 3.05) is 0 Å². The third-order valence-electron chi connectivity index (χ3n) is 25.7. The predicted octanol–water partition coefficient (Wildman–Crippen LogP) is 15.1. The summed E-state index contributed by atoms with van der Waals surface area (Å²) in [6.07, 6.45) is 21.1. The fourth-order valence-corrected chi connectivity index (χ4v) is 22.0. The fraction of sp³-hybridized carbons (Fsp3) is 0.774. The van der Waals surface area contributed by atoms with Gasteiger partial charge in [0.05, 0.1) is 30.0 Å². The van der Waals surface area contributed by atoms with E-state index in [-0.39, 0.29) is 96.6 Å². The lowest BCUT2D eigenvalue weighted by Gasteiger charge is -2.71. The predicted molar refractivity (Wildman–Crippen MR) is 289 cm³/mol. The number of hydrogen-bond acceptors (Lipinski definition) is 4. The van der Waals surface area contributed by atoms with Crippen molar-refractivity contribution in [3.8, 4) is 6.07 Å². The number of carbonyl (C=O) groups is 3. The van der Waals surface area contributed by atoms with E-state index in [0.29, 0.717) is 58.7 Å². The zero-order chi connectivity index (χ0) is 50.7. The number of amides is 1. The minimum atomic E-state index is -0.507. The first-order chi connectivity index (χ1) is 32.0. The molecule has 0 saturated heterocycles. The van der Waals surface area contributed by atoms with Crippen molar-refractivity contribution in [2.24, 2.45) is 119 Å². The third-order valence-corrected chi connectivity index (χ3v) is 25.7. The van der Waals surface area contributed by atoms with Crippen molar-refractivity contribution < 1.29 is 14.4 Å². The molecule has 2 N–H and O–H groups in total. The summed E-state index contributed by atoms with van der Waals surface area (Å²) in [7, 11) is 0. The number of nitriles is 1. The van der Waals surface area contributed by atoms with E-state index in [9.17, 15) is 19.6 Å². The monoisotopic (exact) mass is 1060 g/mol. The Morgan fingerprint density at radius 3 is 1.41 bits per heavy atom. The van der Waals surface area contributed by atoms with Gasteiger partial charge in [-0.2, -0.15) is 5.26 Å². The SMILES string of the molecule is I.[C-]#[N+]C1=C[C@]2(C)[C@H]3CC[C@@H]4[C@H]5[C@H](C(=C)C)CC[C@]5(C#N)CC[C@@]4(C)[C@]3(C)CC[C@H]2C(C)(C)C1=O.[C-]#[N+]C1=C[C@]2(C)[C@H]3CC[C@@H]4[C@H]5[C@H](C(=C)C)CC[C@]5(C(N)=O)CC[C@@]4(C)[C@]3(C)CC[C@H]2C(C)(C)C1=O. The number of hydrogen-bond donors (Lipinski definition) is 1. The number of carbonyl (C=O) groups excluding carboxylic acids is 3. The van der Waals surface area contributed by atoms with Gasteiger partial charge in [-0.15, -0.1) is 24.0 Å². The van der Waals surface area contributed by atoms with Crippen LogP contribution in [0.5, 0.6) is 0 Å². The van der Waals surface area contributed by atoms with E-state index in [1.54, 1.807) is 0 Å². The number of halogens is 1. The van der Waals surface area contributed by atoms with Gasteiger partial charge in [-0.25, -0.2) is 9.69 Å². The van der Waals surface area contributed by atoms with E-state index in [1.807, 2.05) is 0 Å². The highest BCUT2D eigenvalue weighted by Crippen LogP contribution is 2.79. The van der Waals surface area contributed by atoms with Gasteiger partial charge in [0, 0.05) is 10.8 Å². The Hall–Kier alpha value is -3.03. The maximum Gasteiger partial charge on any atom is 0.226 e. The zero-order valence-corrected chi connectivity index (χ0v) is 47.5. The molecule has 8 saturated carbocycles. The quantitative estimate of drug-likeness (QED) is 0.172. The van der Waals surface area contributed by atoms with Crippen molar-refractivity contribution in [2.45, 2.75) is 186 Å². The van der Waals surface area contributed by atoms with E-state index in [2.05, 4.69) is 124 Å². The molecule has 0 aromatic rings. The van der Waals surface area contributed by atoms with Crippen LogP contribution in [0.1, 0.15) is 186 Å². The van der Waals surface area contributed by atoms with Gasteiger partial charge in [0.1, 0.15) is 0 Å². The Morgan fingerprint density at radius 2 is 1.00 bits per heavy atom. The average Bonchev–Trinajstić information content (AvgIpc) is 3.88. The fourth-order valence-electron chi connectivity index (χ4n) is 22.0. The Balaban J connectivity index is 0.000000186. The number of Topliss-reactive ketones (excluding diaryl/α,β-unsaturated/α-hetero) is 2. The van der Waals surface area contributed by atoms with Gasteiger partial charge in [0.25, 0.3) is 0 Å². The second-order valence-corrected chi connectivity index (χ2v) is 28.3. The molecule has 18 atom stereocenters. The summed E-state index contributed by atoms with van der Waals surface area (Å²) in [5.74, 6) is 3.97. The molecular weight excluding hydrogens is 976 g/mol. The molecule has 0 unspecified atom stereocenters. The summed E-state index contributed by atoms with van der Waals surface area (Å²) in [6, 6.07) is 2.86. The first-order valence-electron chi connectivity index (χ1n) is 27.4. The third kappa shape index (κ3) is 6.52. The molecule has 1 amide bonds. The first kappa shape index (κ1) is 53.3. The van der Waals surface area contributed by atoms with Crippen molar-refractivity contribution in [3.63, 3.8) is 0 Å². The molecule has 0 radical (unpaired) electrons. The number of allylic oxidation sites excluding steroid dienone is 6. The normalized spacial score (nSPS) is 49.8. The molecule has 10 aliphatic rings. The topological polar surface area (TPSA) is 110 Å². The van der Waals surface area contributed by atoms with Gasteiger partial charge in [0.15, 0.2) is 11.6 Å². The van der Waals surface area contributed by atoms with Crippen LogP contribution in [0.4, 0.5) is 0 Å². The number of ketones is 2. The summed E-state index contributed by atoms with van der Waals surface area (Å²) in [5.41, 5.74) is 8.04. The van der Waals surface area contributed by atoms with E-state index < -0.39 is 10.8 Å². The summed E-state index contributed by atoms with van der Waals surface area (Å²) in [6.45, 7) is 51.8. The van der Waals surface area contributed by atoms with Gasteiger partial charge in [0.2, 0.25) is 17.3 Å². The van der Waals surface area contributed by atoms with Crippen LogP contribution in [0.25, 0.3) is 9.69 Å². The van der Waals surface area contributed by atoms with E-state index in [1.165, 1.54) is 11.1 Å². The molecule has 0 bridgehead atoms. The molecule has 8 heteroatoms. The summed E-state index contributed by atoms with van der Waals surface area (Å²) >= 11 is 0. The molecule has 380 valence electrons. The number of nitrogens with zero attached hydrogens (tertiary/aromatic N) is 3. The second kappa shape index (κ2) is 16.7. The number of fused-ring (bicyclic) bond motifs is 14. The number of rotatable bonds is 3. The van der Waals surface area contributed by atoms with E-state index in [0.717, 1.165) is 103 Å². The highest BCUT2D eigenvalue weighted by atomic mass is 127. The van der Waals surface area contributed by atoms with Gasteiger partial charge in [-0.1, -0.05) is 106 Å². The van der Waals surface area contributed by atoms with Gasteiger partial charge in [-0.05, 0) is 208 Å². The number of nitrogens with two attached hydrogens (primary N) is 1. The first-order valence-corrected chi connectivity index (χ1v) is 27.4. The van der Waals surface area contributed by atoms with E-state index >= 15 is 0 Å². The minimum absolute atomic E-state index is 0. The Kier molecular flexibility index (Phi) is 12.7. The maximum atomic E-state index is 13.2. The molecule has 70 heavy (non-hydrogen) atoms. The van der Waals surface area contributed by atoms with Crippen molar-refractivity contribution in [1.82, 2.24) is 0 Å². The molecular formula is C62H87IN4O3. The number of primary amides is 1. The molecule has 10 aliphatic carbocycles. The summed E-state index contributed by atoms with van der Waals surface area (Å²) < 4.78 is 0. The van der Waals surface area contributed by atoms with Crippen molar-refractivity contribution in [3.05, 3.63) is 70.7 Å². The Morgan fingerprint density at radius 1 is 0.586 bits per heavy atom. The van der Waals surface area contributed by atoms with Gasteiger partial charge >= 0.3 is 0 Å². The lowest BCUT2D eigenvalue weighted by atomic mass is 9.33. The maximum absolute atomic E-state index is 13.2. The molecule has 0 aromatic carbocycles. The molecule has 7 nitrogen and oxygen atoms in total. The van der Waals surface area contributed by atoms with Crippen LogP contribution in [0.3, 0.4) is 0 Å². The van der Waals surface area contributed by atoms with Crippen LogP contribution in [0, 0.1) is 138 Å². The van der Waals surface area contributed by atoms with Crippen molar-refractivity contribution >= 4 is 41.5 Å². The Bertz CT molecular complexity index is 2500. The average molecular weight is 1060 g/mol. The standard InChI is InChI=1S/C31H44N2O2.C31H42N2O.HI/c1-18(2)19-11-14-31(26(32)35)16-15-29(6)20(24(19)31)9-10-23-28(5)17-21(33-8)25(34)27(3,4)22(28)12-13-30(23,29)7;1-19(2)20-11-14-31(18-32)16-15-29(6)21(25(20)31)9-10-24-28(5)17-22(33-8)26(34)27(3,4)23(28)12-13-30(24,29)7;/h17,19-20,22-24H,1,9-16H2,2-7H3,(H2,32,35);17,20-21,23-25H,1,9-16H2,2-7H3;1H/t19-,20+,22-,23+,24+,28-,29+,30+,31-;20-,21+,23-,24+,25+,28-,29+,30+,31+;/m00./s1. The zero-order valence-electron chi connectivity index (χ0n) is 45.2. The summed E-state index contributed by atoms with van der Waals surface area (Å²) in [5, 5.41) is 10.4. The molecule has 0 aliphatic heterocycles. The molecule has 0 spiro atoms. The van der Waals surface area contributed by atoms with Crippen LogP contribution < -0.4 is 5.73 Å². The molecule has 8 fully saturated rings.